The largest absolute Gasteiger partial charge is 0.245 e. The highest BCUT2D eigenvalue weighted by molar-refractivity contribution is 6.14. The highest BCUT2D eigenvalue weighted by Crippen LogP contribution is 2.42. The predicted octanol–water partition coefficient (Wildman–Crippen LogP) is 18.8. The molecule has 9 aromatic carbocycles. The van der Waals surface area contributed by atoms with Crippen molar-refractivity contribution in [1.82, 2.24) is 29.9 Å². The minimum atomic E-state index is 0.632. The Balaban J connectivity index is 0.991. The van der Waals surface area contributed by atoms with Gasteiger partial charge in [0, 0.05) is 49.4 Å². The molecule has 4 aromatic heterocycles. The summed E-state index contributed by atoms with van der Waals surface area (Å²) in [5.41, 5.74) is 19.0. The van der Waals surface area contributed by atoms with Crippen molar-refractivity contribution >= 4 is 49.2 Å². The molecule has 0 saturated carbocycles. The first-order valence-electron chi connectivity index (χ1n) is 26.7. The Bertz CT molecular complexity index is 4410. The number of fused-ring (bicyclic) bond motifs is 6. The molecule has 0 bridgehead atoms. The first-order valence-corrected chi connectivity index (χ1v) is 26.7. The summed E-state index contributed by atoms with van der Waals surface area (Å²) in [6.07, 6.45) is 7.34. The van der Waals surface area contributed by atoms with Crippen molar-refractivity contribution in [2.75, 3.05) is 0 Å². The maximum Gasteiger partial charge on any atom is 0.160 e. The van der Waals surface area contributed by atoms with Crippen molar-refractivity contribution in [2.45, 2.75) is 26.2 Å². The number of hydrogen-bond donors (Lipinski definition) is 0. The van der Waals surface area contributed by atoms with Gasteiger partial charge in [0.25, 0.3) is 0 Å². The molecule has 13 aromatic rings. The molecule has 0 amide bonds. The number of pyridine rings is 2. The minimum Gasteiger partial charge on any atom is -0.245 e. The van der Waals surface area contributed by atoms with Crippen LogP contribution in [0.15, 0.2) is 255 Å². The molecule has 4 heterocycles. The van der Waals surface area contributed by atoms with E-state index >= 15 is 0 Å². The van der Waals surface area contributed by atoms with Crippen LogP contribution in [0.1, 0.15) is 31.9 Å². The van der Waals surface area contributed by atoms with Crippen LogP contribution in [0.25, 0.3) is 139 Å². The fourth-order valence-corrected chi connectivity index (χ4v) is 10.7. The molecule has 0 saturated heterocycles. The molecule has 0 spiro atoms. The molecule has 6 nitrogen and oxygen atoms in total. The fraction of sp³-hybridized carbons (Fsp3) is 0.0556. The molecule has 78 heavy (non-hydrogen) atoms. The van der Waals surface area contributed by atoms with Gasteiger partial charge >= 0.3 is 0 Å². The maximum atomic E-state index is 5.47. The van der Waals surface area contributed by atoms with E-state index in [-0.39, 0.29) is 0 Å². The molecule has 0 unspecified atom stereocenters. The highest BCUT2D eigenvalue weighted by atomic mass is 14.9. The number of nitrogens with zero attached hydrogens (tertiary/aromatic N) is 6. The average Bonchev–Trinajstić information content (AvgIpc) is 3.65. The van der Waals surface area contributed by atoms with Gasteiger partial charge in [-0.3, -0.25) is 0 Å². The molecule has 0 fully saturated rings. The van der Waals surface area contributed by atoms with E-state index in [1.807, 2.05) is 48.5 Å². The van der Waals surface area contributed by atoms with E-state index in [0.717, 1.165) is 152 Å². The van der Waals surface area contributed by atoms with Crippen molar-refractivity contribution < 1.29 is 0 Å². The van der Waals surface area contributed by atoms with Crippen LogP contribution in [-0.4, -0.2) is 29.9 Å². The molecular weight excluding hydrogens is 949 g/mol. The van der Waals surface area contributed by atoms with Crippen molar-refractivity contribution in [1.29, 1.82) is 0 Å². The number of allylic oxidation sites excluding steroid dienone is 3. The second-order valence-corrected chi connectivity index (χ2v) is 19.6. The standard InChI is InChI=1S/C72H52N6/c1-3-5-11-24-47(4-2)63-45-61(48-25-12-6-13-26-48)57-39-41-59-65(75-71(51-31-18-9-19-32-51)77-69(59)67(57)73-63)55-37-22-35-53(43-55)54-36-23-38-56(44-54)66-60-42-40-58-62(49-27-14-7-15-28-49)46-64(50-29-16-8-17-30-50)74-68(58)70(60)78-72(76-66)52-33-20-10-21-34-52/h4,6-10,12-46H,2-3,5,11H2,1H3. The second-order valence-electron chi connectivity index (χ2n) is 19.6. The molecule has 0 radical (unpaired) electrons. The summed E-state index contributed by atoms with van der Waals surface area (Å²) in [5.74, 6) is 1.27. The predicted molar refractivity (Wildman–Crippen MR) is 324 cm³/mol. The number of benzene rings is 9. The van der Waals surface area contributed by atoms with Crippen molar-refractivity contribution in [2.24, 2.45) is 0 Å². The highest BCUT2D eigenvalue weighted by Gasteiger charge is 2.21. The summed E-state index contributed by atoms with van der Waals surface area (Å²) in [5, 5.41) is 3.88. The third-order valence-corrected chi connectivity index (χ3v) is 14.6. The summed E-state index contributed by atoms with van der Waals surface area (Å²) in [4.78, 5) is 32.5. The van der Waals surface area contributed by atoms with E-state index in [1.165, 1.54) is 0 Å². The van der Waals surface area contributed by atoms with Gasteiger partial charge in [0.2, 0.25) is 0 Å². The Kier molecular flexibility index (Phi) is 12.8. The van der Waals surface area contributed by atoms with Crippen LogP contribution in [0.5, 0.6) is 0 Å². The van der Waals surface area contributed by atoms with Crippen molar-refractivity contribution in [3.8, 4) is 89.9 Å². The number of rotatable bonds is 13. The second kappa shape index (κ2) is 20.9. The summed E-state index contributed by atoms with van der Waals surface area (Å²) >= 11 is 0. The van der Waals surface area contributed by atoms with Gasteiger partial charge < -0.3 is 0 Å². The third-order valence-electron chi connectivity index (χ3n) is 14.6. The molecular formula is C72H52N6. The van der Waals surface area contributed by atoms with Crippen molar-refractivity contribution in [3.05, 3.63) is 261 Å². The lowest BCUT2D eigenvalue weighted by atomic mass is 9.94. The molecule has 370 valence electrons. The zero-order chi connectivity index (χ0) is 52.4. The SMILES string of the molecule is C=CC(=CCCCC)c1cc(-c2ccccc2)c2ccc3c(-c4cccc(-c5cccc(-c6nc(-c7ccccc7)nc7c6ccc6c(-c8ccccc8)cc(-c8ccccc8)nc67)c5)c4)nc(-c4ccccc4)nc3c2n1. The van der Waals surface area contributed by atoms with Crippen LogP contribution in [0.2, 0.25) is 0 Å². The summed E-state index contributed by atoms with van der Waals surface area (Å²) < 4.78 is 0. The van der Waals surface area contributed by atoms with E-state index in [9.17, 15) is 0 Å². The van der Waals surface area contributed by atoms with Gasteiger partial charge in [0.05, 0.1) is 33.8 Å². The van der Waals surface area contributed by atoms with Crippen LogP contribution >= 0.6 is 0 Å². The van der Waals surface area contributed by atoms with E-state index in [4.69, 9.17) is 29.9 Å². The Labute approximate surface area is 453 Å². The van der Waals surface area contributed by atoms with Crippen molar-refractivity contribution in [3.63, 3.8) is 0 Å². The number of aromatic nitrogens is 6. The first-order chi connectivity index (χ1) is 38.6. The minimum absolute atomic E-state index is 0.632. The Morgan fingerprint density at radius 2 is 0.756 bits per heavy atom. The lowest BCUT2D eigenvalue weighted by Crippen LogP contribution is -1.99. The van der Waals surface area contributed by atoms with E-state index in [2.05, 4.69) is 214 Å². The van der Waals surface area contributed by atoms with Gasteiger partial charge in [0.1, 0.15) is 11.0 Å². The van der Waals surface area contributed by atoms with Gasteiger partial charge in [-0.1, -0.05) is 239 Å². The fourth-order valence-electron chi connectivity index (χ4n) is 10.7. The van der Waals surface area contributed by atoms with Gasteiger partial charge in [-0.05, 0) is 81.8 Å². The summed E-state index contributed by atoms with van der Waals surface area (Å²) in [7, 11) is 0. The number of hydrogen-bond acceptors (Lipinski definition) is 6. The van der Waals surface area contributed by atoms with E-state index in [1.54, 1.807) is 0 Å². The Hall–Kier alpha value is -10.0. The molecule has 13 rings (SSSR count). The molecule has 0 aliphatic carbocycles. The normalized spacial score (nSPS) is 11.7. The Morgan fingerprint density at radius 3 is 1.23 bits per heavy atom. The zero-order valence-corrected chi connectivity index (χ0v) is 43.2. The molecule has 0 atom stereocenters. The van der Waals surface area contributed by atoms with Gasteiger partial charge in [-0.2, -0.15) is 0 Å². The topological polar surface area (TPSA) is 77.3 Å². The van der Waals surface area contributed by atoms with E-state index in [0.29, 0.717) is 11.6 Å². The van der Waals surface area contributed by atoms with Crippen LogP contribution in [0.3, 0.4) is 0 Å². The zero-order valence-electron chi connectivity index (χ0n) is 43.2. The monoisotopic (exact) mass is 1000 g/mol. The van der Waals surface area contributed by atoms with Crippen LogP contribution < -0.4 is 0 Å². The molecule has 0 aliphatic rings. The average molecular weight is 1000 g/mol. The number of unbranched alkanes of at least 4 members (excludes halogenated alkanes) is 2. The van der Waals surface area contributed by atoms with Gasteiger partial charge in [-0.15, -0.1) is 0 Å². The first kappa shape index (κ1) is 47.7. The van der Waals surface area contributed by atoms with Crippen LogP contribution in [0, 0.1) is 0 Å². The van der Waals surface area contributed by atoms with Crippen LogP contribution in [-0.2, 0) is 0 Å². The third kappa shape index (κ3) is 9.09. The molecule has 6 heteroatoms. The van der Waals surface area contributed by atoms with Gasteiger partial charge in [0.15, 0.2) is 11.6 Å². The summed E-state index contributed by atoms with van der Waals surface area (Å²) in [6.45, 7) is 6.46. The molecule has 0 N–H and O–H groups in total. The smallest absolute Gasteiger partial charge is 0.160 e. The quantitative estimate of drug-likeness (QED) is 0.0651. The lowest BCUT2D eigenvalue weighted by molar-refractivity contribution is 0.815. The maximum absolute atomic E-state index is 5.47. The Morgan fingerprint density at radius 1 is 0.359 bits per heavy atom. The van der Waals surface area contributed by atoms with Gasteiger partial charge in [-0.25, -0.2) is 29.9 Å². The summed E-state index contributed by atoms with van der Waals surface area (Å²) in [6, 6.07) is 82.4. The van der Waals surface area contributed by atoms with Crippen LogP contribution in [0.4, 0.5) is 0 Å². The van der Waals surface area contributed by atoms with E-state index < -0.39 is 0 Å². The molecule has 0 aliphatic heterocycles. The lowest BCUT2D eigenvalue weighted by Gasteiger charge is -2.16.